The number of rotatable bonds is 4. The molecule has 1 fully saturated rings. The van der Waals surface area contributed by atoms with Crippen molar-refractivity contribution in [3.05, 3.63) is 65.9 Å². The second kappa shape index (κ2) is 6.79. The molecule has 0 amide bonds. The number of benzene rings is 2. The highest BCUT2D eigenvalue weighted by molar-refractivity contribution is 5.62. The molecular formula is C21H22N4O2. The van der Waals surface area contributed by atoms with Crippen LogP contribution in [0.2, 0.25) is 0 Å². The van der Waals surface area contributed by atoms with Crippen molar-refractivity contribution < 1.29 is 9.47 Å². The van der Waals surface area contributed by atoms with E-state index >= 15 is 0 Å². The van der Waals surface area contributed by atoms with Crippen molar-refractivity contribution in [3.8, 4) is 17.0 Å². The molecule has 0 aliphatic carbocycles. The van der Waals surface area contributed by atoms with Crippen molar-refractivity contribution in [3.63, 3.8) is 0 Å². The SMILES string of the molecule is COc1ccc(-c2nnn3c2CO[C@H]2CN(Cc4ccccc4)C[C@@H]23)cc1. The van der Waals surface area contributed by atoms with Gasteiger partial charge in [0.05, 0.1) is 31.6 Å². The molecular weight excluding hydrogens is 340 g/mol. The molecule has 0 N–H and O–H groups in total. The lowest BCUT2D eigenvalue weighted by molar-refractivity contribution is -0.00494. The van der Waals surface area contributed by atoms with E-state index in [4.69, 9.17) is 9.47 Å². The molecule has 0 spiro atoms. The Morgan fingerprint density at radius 3 is 2.67 bits per heavy atom. The fourth-order valence-corrected chi connectivity index (χ4v) is 4.08. The van der Waals surface area contributed by atoms with E-state index in [1.165, 1.54) is 5.56 Å². The van der Waals surface area contributed by atoms with Crippen LogP contribution in [-0.2, 0) is 17.9 Å². The summed E-state index contributed by atoms with van der Waals surface area (Å²) in [7, 11) is 1.67. The van der Waals surface area contributed by atoms with E-state index in [-0.39, 0.29) is 12.1 Å². The molecule has 0 radical (unpaired) electrons. The van der Waals surface area contributed by atoms with Gasteiger partial charge in [-0.2, -0.15) is 0 Å². The summed E-state index contributed by atoms with van der Waals surface area (Å²) in [5, 5.41) is 8.96. The van der Waals surface area contributed by atoms with Gasteiger partial charge in [-0.25, -0.2) is 4.68 Å². The molecule has 138 valence electrons. The number of aromatic nitrogens is 3. The van der Waals surface area contributed by atoms with Crippen LogP contribution in [0.15, 0.2) is 54.6 Å². The fraction of sp³-hybridized carbons (Fsp3) is 0.333. The number of methoxy groups -OCH3 is 1. The third-order valence-corrected chi connectivity index (χ3v) is 5.46. The van der Waals surface area contributed by atoms with Crippen LogP contribution in [0.3, 0.4) is 0 Å². The van der Waals surface area contributed by atoms with E-state index in [1.807, 2.05) is 24.3 Å². The summed E-state index contributed by atoms with van der Waals surface area (Å²) in [5.41, 5.74) is 4.33. The first kappa shape index (κ1) is 16.5. The van der Waals surface area contributed by atoms with Crippen molar-refractivity contribution >= 4 is 0 Å². The van der Waals surface area contributed by atoms with Gasteiger partial charge in [-0.3, -0.25) is 4.90 Å². The second-order valence-corrected chi connectivity index (χ2v) is 7.15. The van der Waals surface area contributed by atoms with E-state index < -0.39 is 0 Å². The molecule has 0 bridgehead atoms. The number of hydrogen-bond donors (Lipinski definition) is 0. The van der Waals surface area contributed by atoms with Crippen LogP contribution >= 0.6 is 0 Å². The third-order valence-electron chi connectivity index (χ3n) is 5.46. The predicted octanol–water partition coefficient (Wildman–Crippen LogP) is 2.91. The average Bonchev–Trinajstić information content (AvgIpc) is 3.32. The zero-order valence-corrected chi connectivity index (χ0v) is 15.3. The highest BCUT2D eigenvalue weighted by Gasteiger charge is 2.40. The fourth-order valence-electron chi connectivity index (χ4n) is 4.08. The van der Waals surface area contributed by atoms with Gasteiger partial charge in [-0.05, 0) is 29.8 Å². The summed E-state index contributed by atoms with van der Waals surface area (Å²) >= 11 is 0. The third kappa shape index (κ3) is 3.01. The molecule has 3 heterocycles. The van der Waals surface area contributed by atoms with E-state index in [2.05, 4.69) is 50.2 Å². The van der Waals surface area contributed by atoms with E-state index in [9.17, 15) is 0 Å². The summed E-state index contributed by atoms with van der Waals surface area (Å²) < 4.78 is 13.5. The van der Waals surface area contributed by atoms with Crippen LogP contribution in [0.1, 0.15) is 17.3 Å². The first-order valence-corrected chi connectivity index (χ1v) is 9.28. The normalized spacial score (nSPS) is 21.7. The van der Waals surface area contributed by atoms with Gasteiger partial charge < -0.3 is 9.47 Å². The number of nitrogens with zero attached hydrogens (tertiary/aromatic N) is 4. The number of hydrogen-bond acceptors (Lipinski definition) is 5. The van der Waals surface area contributed by atoms with Crippen LogP contribution in [0.25, 0.3) is 11.3 Å². The maximum atomic E-state index is 6.19. The molecule has 2 aliphatic rings. The van der Waals surface area contributed by atoms with Crippen molar-refractivity contribution in [2.24, 2.45) is 0 Å². The van der Waals surface area contributed by atoms with E-state index in [0.717, 1.165) is 42.3 Å². The van der Waals surface area contributed by atoms with Crippen molar-refractivity contribution in [1.29, 1.82) is 0 Å². The van der Waals surface area contributed by atoms with E-state index in [0.29, 0.717) is 6.61 Å². The lowest BCUT2D eigenvalue weighted by atomic mass is 10.1. The lowest BCUT2D eigenvalue weighted by Crippen LogP contribution is -2.32. The Morgan fingerprint density at radius 2 is 1.89 bits per heavy atom. The summed E-state index contributed by atoms with van der Waals surface area (Å²) in [4.78, 5) is 2.44. The number of likely N-dealkylation sites (tertiary alicyclic amines) is 1. The van der Waals surface area contributed by atoms with Gasteiger partial charge in [0.2, 0.25) is 0 Å². The summed E-state index contributed by atoms with van der Waals surface area (Å²) in [6.07, 6.45) is 0.173. The molecule has 6 heteroatoms. The largest absolute Gasteiger partial charge is 0.497 e. The van der Waals surface area contributed by atoms with Gasteiger partial charge in [0.15, 0.2) is 0 Å². The Morgan fingerprint density at radius 1 is 1.07 bits per heavy atom. The molecule has 6 nitrogen and oxygen atoms in total. The first-order valence-electron chi connectivity index (χ1n) is 9.28. The Bertz CT molecular complexity index is 923. The molecule has 2 aliphatic heterocycles. The molecule has 5 rings (SSSR count). The number of fused-ring (bicyclic) bond motifs is 3. The van der Waals surface area contributed by atoms with Gasteiger partial charge in [-0.1, -0.05) is 35.5 Å². The predicted molar refractivity (Wildman–Crippen MR) is 101 cm³/mol. The van der Waals surface area contributed by atoms with Crippen LogP contribution < -0.4 is 4.74 Å². The van der Waals surface area contributed by atoms with Gasteiger partial charge in [0.1, 0.15) is 11.4 Å². The van der Waals surface area contributed by atoms with Gasteiger partial charge >= 0.3 is 0 Å². The molecule has 2 atom stereocenters. The topological polar surface area (TPSA) is 52.4 Å². The molecule has 3 aromatic rings. The highest BCUT2D eigenvalue weighted by Crippen LogP contribution is 2.35. The summed E-state index contributed by atoms with van der Waals surface area (Å²) in [6, 6.07) is 18.7. The van der Waals surface area contributed by atoms with Gasteiger partial charge in [0.25, 0.3) is 0 Å². The molecule has 0 unspecified atom stereocenters. The highest BCUT2D eigenvalue weighted by atomic mass is 16.5. The minimum atomic E-state index is 0.173. The minimum absolute atomic E-state index is 0.173. The Hall–Kier alpha value is -2.70. The Balaban J connectivity index is 1.38. The van der Waals surface area contributed by atoms with Crippen molar-refractivity contribution in [2.45, 2.75) is 25.3 Å². The minimum Gasteiger partial charge on any atom is -0.497 e. The zero-order chi connectivity index (χ0) is 18.2. The maximum absolute atomic E-state index is 6.19. The monoisotopic (exact) mass is 362 g/mol. The first-order chi connectivity index (χ1) is 13.3. The average molecular weight is 362 g/mol. The molecule has 0 saturated carbocycles. The zero-order valence-electron chi connectivity index (χ0n) is 15.3. The second-order valence-electron chi connectivity index (χ2n) is 7.15. The van der Waals surface area contributed by atoms with E-state index in [1.54, 1.807) is 7.11 Å². The van der Waals surface area contributed by atoms with Crippen LogP contribution in [0.4, 0.5) is 0 Å². The smallest absolute Gasteiger partial charge is 0.118 e. The summed E-state index contributed by atoms with van der Waals surface area (Å²) in [5.74, 6) is 0.837. The molecule has 1 aromatic heterocycles. The summed E-state index contributed by atoms with van der Waals surface area (Å²) in [6.45, 7) is 3.34. The standard InChI is InChI=1S/C21H22N4O2/c1-26-17-9-7-16(8-10-17)21-19-14-27-20-13-24(11-15-5-3-2-4-6-15)12-18(20)25(19)23-22-21/h2-10,18,20H,11-14H2,1H3/t18-,20-/m0/s1. The van der Waals surface area contributed by atoms with Crippen molar-refractivity contribution in [2.75, 3.05) is 20.2 Å². The molecule has 2 aromatic carbocycles. The Labute approximate surface area is 158 Å². The number of ether oxygens (including phenoxy) is 2. The molecule has 1 saturated heterocycles. The van der Waals surface area contributed by atoms with Gasteiger partial charge in [-0.15, -0.1) is 5.10 Å². The maximum Gasteiger partial charge on any atom is 0.118 e. The van der Waals surface area contributed by atoms with Crippen LogP contribution in [-0.4, -0.2) is 46.2 Å². The Kier molecular flexibility index (Phi) is 4.14. The van der Waals surface area contributed by atoms with Gasteiger partial charge in [0, 0.05) is 25.2 Å². The molecule has 27 heavy (non-hydrogen) atoms. The lowest BCUT2D eigenvalue weighted by Gasteiger charge is -2.26. The quantitative estimate of drug-likeness (QED) is 0.714. The van der Waals surface area contributed by atoms with Crippen molar-refractivity contribution in [1.82, 2.24) is 19.9 Å². The van der Waals surface area contributed by atoms with Crippen LogP contribution in [0.5, 0.6) is 5.75 Å². The van der Waals surface area contributed by atoms with Crippen LogP contribution in [0, 0.1) is 0 Å².